The van der Waals surface area contributed by atoms with Gasteiger partial charge in [-0.25, -0.2) is 0 Å². The smallest absolute Gasteiger partial charge is 0.0702 e. The van der Waals surface area contributed by atoms with E-state index in [1.165, 1.54) is 6.42 Å². The highest BCUT2D eigenvalue weighted by atomic mass is 16.5. The van der Waals surface area contributed by atoms with Gasteiger partial charge in [-0.15, -0.1) is 0 Å². The topological polar surface area (TPSA) is 21.3 Å². The summed E-state index contributed by atoms with van der Waals surface area (Å²) >= 11 is 0. The minimum absolute atomic E-state index is 0.471. The summed E-state index contributed by atoms with van der Waals surface area (Å²) in [6, 6.07) is 0. The number of hydrogen-bond acceptors (Lipinski definition) is 2. The first-order valence-electron chi connectivity index (χ1n) is 4.65. The Kier molecular flexibility index (Phi) is 3.87. The van der Waals surface area contributed by atoms with E-state index in [0.29, 0.717) is 6.10 Å². The van der Waals surface area contributed by atoms with E-state index in [0.717, 1.165) is 32.0 Å². The largest absolute Gasteiger partial charge is 0.377 e. The SMILES string of the molecule is CCCO[C@H]1CNCC(C)C1. The number of hydrogen-bond donors (Lipinski definition) is 1. The maximum Gasteiger partial charge on any atom is 0.0702 e. The molecule has 2 nitrogen and oxygen atoms in total. The van der Waals surface area contributed by atoms with Crippen molar-refractivity contribution in [1.82, 2.24) is 5.32 Å². The minimum Gasteiger partial charge on any atom is -0.377 e. The van der Waals surface area contributed by atoms with Crippen LogP contribution in [0.2, 0.25) is 0 Å². The number of ether oxygens (including phenoxy) is 1. The number of piperidine rings is 1. The van der Waals surface area contributed by atoms with Crippen LogP contribution in [0, 0.1) is 5.92 Å². The molecule has 0 bridgehead atoms. The van der Waals surface area contributed by atoms with Crippen LogP contribution in [-0.2, 0) is 4.74 Å². The van der Waals surface area contributed by atoms with Gasteiger partial charge in [0.2, 0.25) is 0 Å². The highest BCUT2D eigenvalue weighted by Gasteiger charge is 2.17. The highest BCUT2D eigenvalue weighted by Crippen LogP contribution is 2.12. The van der Waals surface area contributed by atoms with Crippen molar-refractivity contribution in [1.29, 1.82) is 0 Å². The van der Waals surface area contributed by atoms with Crippen molar-refractivity contribution in [3.63, 3.8) is 0 Å². The van der Waals surface area contributed by atoms with Crippen LogP contribution in [0.3, 0.4) is 0 Å². The molecule has 0 saturated carbocycles. The summed E-state index contributed by atoms with van der Waals surface area (Å²) in [6.45, 7) is 7.55. The monoisotopic (exact) mass is 157 g/mol. The zero-order valence-electron chi connectivity index (χ0n) is 7.60. The van der Waals surface area contributed by atoms with E-state index in [9.17, 15) is 0 Å². The van der Waals surface area contributed by atoms with Crippen molar-refractivity contribution >= 4 is 0 Å². The van der Waals surface area contributed by atoms with Crippen LogP contribution in [0.1, 0.15) is 26.7 Å². The predicted molar refractivity (Wildman–Crippen MR) is 46.7 cm³/mol. The van der Waals surface area contributed by atoms with Crippen molar-refractivity contribution in [2.75, 3.05) is 19.7 Å². The third-order valence-corrected chi connectivity index (χ3v) is 2.09. The Bertz CT molecular complexity index is 106. The molecule has 1 unspecified atom stereocenters. The Labute approximate surface area is 69.3 Å². The second-order valence-electron chi connectivity index (χ2n) is 3.49. The summed E-state index contributed by atoms with van der Waals surface area (Å²) in [7, 11) is 0. The van der Waals surface area contributed by atoms with Crippen LogP contribution in [-0.4, -0.2) is 25.8 Å². The lowest BCUT2D eigenvalue weighted by Crippen LogP contribution is -2.39. The molecule has 0 aromatic rings. The molecule has 0 spiro atoms. The van der Waals surface area contributed by atoms with Gasteiger partial charge in [0.15, 0.2) is 0 Å². The molecule has 1 N–H and O–H groups in total. The van der Waals surface area contributed by atoms with Gasteiger partial charge < -0.3 is 10.1 Å². The molecule has 1 fully saturated rings. The average molecular weight is 157 g/mol. The molecule has 2 atom stereocenters. The third kappa shape index (κ3) is 3.21. The van der Waals surface area contributed by atoms with Crippen molar-refractivity contribution < 1.29 is 4.74 Å². The normalized spacial score (nSPS) is 32.2. The maximum atomic E-state index is 5.64. The van der Waals surface area contributed by atoms with E-state index in [4.69, 9.17) is 4.74 Å². The fourth-order valence-electron chi connectivity index (χ4n) is 1.52. The number of nitrogens with one attached hydrogen (secondary N) is 1. The predicted octanol–water partition coefficient (Wildman–Crippen LogP) is 1.41. The molecule has 2 heteroatoms. The lowest BCUT2D eigenvalue weighted by Gasteiger charge is -2.27. The van der Waals surface area contributed by atoms with E-state index < -0.39 is 0 Å². The molecule has 0 radical (unpaired) electrons. The average Bonchev–Trinajstić information content (AvgIpc) is 2.01. The zero-order chi connectivity index (χ0) is 8.10. The van der Waals surface area contributed by atoms with Gasteiger partial charge in [-0.3, -0.25) is 0 Å². The molecular formula is C9H19NO. The van der Waals surface area contributed by atoms with Crippen LogP contribution >= 0.6 is 0 Å². The van der Waals surface area contributed by atoms with Crippen LogP contribution in [0.5, 0.6) is 0 Å². The summed E-state index contributed by atoms with van der Waals surface area (Å²) in [4.78, 5) is 0. The van der Waals surface area contributed by atoms with Gasteiger partial charge in [-0.05, 0) is 25.3 Å². The summed E-state index contributed by atoms with van der Waals surface area (Å²) in [6.07, 6.45) is 2.83. The minimum atomic E-state index is 0.471. The molecule has 0 aromatic carbocycles. The Morgan fingerprint density at radius 3 is 2.91 bits per heavy atom. The summed E-state index contributed by atoms with van der Waals surface area (Å²) in [5.74, 6) is 0.783. The Morgan fingerprint density at radius 2 is 2.27 bits per heavy atom. The molecule has 66 valence electrons. The maximum absolute atomic E-state index is 5.64. The van der Waals surface area contributed by atoms with Gasteiger partial charge in [0.05, 0.1) is 6.10 Å². The van der Waals surface area contributed by atoms with Crippen molar-refractivity contribution in [2.24, 2.45) is 5.92 Å². The first-order valence-corrected chi connectivity index (χ1v) is 4.65. The summed E-state index contributed by atoms with van der Waals surface area (Å²) < 4.78 is 5.64. The van der Waals surface area contributed by atoms with Gasteiger partial charge >= 0.3 is 0 Å². The summed E-state index contributed by atoms with van der Waals surface area (Å²) in [5, 5.41) is 3.37. The van der Waals surface area contributed by atoms with E-state index in [-0.39, 0.29) is 0 Å². The second kappa shape index (κ2) is 4.73. The highest BCUT2D eigenvalue weighted by molar-refractivity contribution is 4.73. The molecule has 1 aliphatic rings. The summed E-state index contributed by atoms with van der Waals surface area (Å²) in [5.41, 5.74) is 0. The number of rotatable bonds is 3. The van der Waals surface area contributed by atoms with E-state index in [1.807, 2.05) is 0 Å². The molecular weight excluding hydrogens is 138 g/mol. The Hall–Kier alpha value is -0.0800. The molecule has 1 rings (SSSR count). The molecule has 0 aromatic heterocycles. The molecule has 1 saturated heterocycles. The molecule has 11 heavy (non-hydrogen) atoms. The zero-order valence-corrected chi connectivity index (χ0v) is 7.60. The van der Waals surface area contributed by atoms with Gasteiger partial charge in [-0.2, -0.15) is 0 Å². The van der Waals surface area contributed by atoms with Crippen LogP contribution in [0.25, 0.3) is 0 Å². The molecule has 0 amide bonds. The molecule has 0 aliphatic carbocycles. The lowest BCUT2D eigenvalue weighted by molar-refractivity contribution is 0.0253. The van der Waals surface area contributed by atoms with Gasteiger partial charge in [0, 0.05) is 13.2 Å². The van der Waals surface area contributed by atoms with Crippen LogP contribution in [0.15, 0.2) is 0 Å². The van der Waals surface area contributed by atoms with Gasteiger partial charge in [0.25, 0.3) is 0 Å². The fourth-order valence-corrected chi connectivity index (χ4v) is 1.52. The van der Waals surface area contributed by atoms with E-state index >= 15 is 0 Å². The van der Waals surface area contributed by atoms with Gasteiger partial charge in [-0.1, -0.05) is 13.8 Å². The standard InChI is InChI=1S/C9H19NO/c1-3-4-11-9-5-8(2)6-10-7-9/h8-10H,3-7H2,1-2H3/t8?,9-/m1/s1. The quantitative estimate of drug-likeness (QED) is 0.669. The molecule has 1 heterocycles. The van der Waals surface area contributed by atoms with Gasteiger partial charge in [0.1, 0.15) is 0 Å². The van der Waals surface area contributed by atoms with E-state index in [1.54, 1.807) is 0 Å². The van der Waals surface area contributed by atoms with Crippen molar-refractivity contribution in [3.8, 4) is 0 Å². The van der Waals surface area contributed by atoms with E-state index in [2.05, 4.69) is 19.2 Å². The Morgan fingerprint density at radius 1 is 1.45 bits per heavy atom. The first-order chi connectivity index (χ1) is 5.33. The molecule has 1 aliphatic heterocycles. The van der Waals surface area contributed by atoms with Crippen LogP contribution in [0.4, 0.5) is 0 Å². The van der Waals surface area contributed by atoms with Crippen LogP contribution < -0.4 is 5.32 Å². The van der Waals surface area contributed by atoms with Crippen molar-refractivity contribution in [2.45, 2.75) is 32.8 Å². The Balaban J connectivity index is 2.12. The lowest BCUT2D eigenvalue weighted by atomic mass is 10.00. The third-order valence-electron chi connectivity index (χ3n) is 2.09. The second-order valence-corrected chi connectivity index (χ2v) is 3.49. The fraction of sp³-hybridized carbons (Fsp3) is 1.00. The van der Waals surface area contributed by atoms with Crippen molar-refractivity contribution in [3.05, 3.63) is 0 Å². The first kappa shape index (κ1) is 9.01.